The summed E-state index contributed by atoms with van der Waals surface area (Å²) < 4.78 is 0. The van der Waals surface area contributed by atoms with E-state index in [-0.39, 0.29) is 5.78 Å². The van der Waals surface area contributed by atoms with Crippen LogP contribution in [0.25, 0.3) is 54.7 Å². The molecule has 0 atom stereocenters. The molecule has 0 aliphatic heterocycles. The Morgan fingerprint density at radius 3 is 1.86 bits per heavy atom. The summed E-state index contributed by atoms with van der Waals surface area (Å²) in [5.74, 6) is 0.112. The van der Waals surface area contributed by atoms with Crippen molar-refractivity contribution in [3.8, 4) is 11.1 Å². The van der Waals surface area contributed by atoms with Crippen LogP contribution in [-0.4, -0.2) is 15.8 Å². The number of rotatable bonds is 0. The molecule has 130 valence electrons. The summed E-state index contributed by atoms with van der Waals surface area (Å²) in [6, 6.07) is 24.5. The van der Waals surface area contributed by atoms with Crippen molar-refractivity contribution in [3.63, 3.8) is 0 Å². The molecule has 2 heterocycles. The van der Waals surface area contributed by atoms with E-state index in [1.54, 1.807) is 0 Å². The second kappa shape index (κ2) is 4.70. The molecule has 3 heteroatoms. The van der Waals surface area contributed by atoms with E-state index < -0.39 is 0 Å². The number of benzene rings is 4. The minimum atomic E-state index is 0.112. The Labute approximate surface area is 159 Å². The van der Waals surface area contributed by atoms with E-state index in [1.807, 2.05) is 36.4 Å². The smallest absolute Gasteiger partial charge is 0.195 e. The highest BCUT2D eigenvalue weighted by Crippen LogP contribution is 2.49. The number of carbonyl (C=O) groups excluding carboxylic acids is 1. The Bertz CT molecular complexity index is 1630. The predicted molar refractivity (Wildman–Crippen MR) is 114 cm³/mol. The number of hydrogen-bond donors (Lipinski definition) is 2. The van der Waals surface area contributed by atoms with Gasteiger partial charge in [-0.2, -0.15) is 0 Å². The molecule has 0 saturated carbocycles. The topological polar surface area (TPSA) is 48.6 Å². The van der Waals surface area contributed by atoms with Gasteiger partial charge in [0.25, 0.3) is 0 Å². The zero-order valence-electron chi connectivity index (χ0n) is 14.8. The van der Waals surface area contributed by atoms with Crippen LogP contribution in [0.1, 0.15) is 15.9 Å². The molecule has 4 aromatic carbocycles. The fraction of sp³-hybridized carbons (Fsp3) is 0. The molecule has 2 N–H and O–H groups in total. The molecule has 0 bridgehead atoms. The van der Waals surface area contributed by atoms with Gasteiger partial charge in [0.1, 0.15) is 0 Å². The maximum Gasteiger partial charge on any atom is 0.195 e. The van der Waals surface area contributed by atoms with Crippen LogP contribution in [0.2, 0.25) is 0 Å². The molecule has 28 heavy (non-hydrogen) atoms. The van der Waals surface area contributed by atoms with Gasteiger partial charge in [-0.05, 0) is 17.7 Å². The molecular formula is C25H14N2O. The lowest BCUT2D eigenvalue weighted by molar-refractivity contribution is 0.104. The maximum atomic E-state index is 13.5. The second-order valence-electron chi connectivity index (χ2n) is 7.47. The zero-order valence-corrected chi connectivity index (χ0v) is 14.8. The lowest BCUT2D eigenvalue weighted by Crippen LogP contribution is -1.96. The molecule has 0 saturated heterocycles. The summed E-state index contributed by atoms with van der Waals surface area (Å²) in [4.78, 5) is 20.7. The van der Waals surface area contributed by atoms with Crippen molar-refractivity contribution in [3.05, 3.63) is 83.9 Å². The summed E-state index contributed by atoms with van der Waals surface area (Å²) in [6.07, 6.45) is 0. The van der Waals surface area contributed by atoms with Gasteiger partial charge in [0, 0.05) is 49.3 Å². The number of aromatic nitrogens is 2. The van der Waals surface area contributed by atoms with Gasteiger partial charge in [0.05, 0.1) is 11.0 Å². The third kappa shape index (κ3) is 1.50. The van der Waals surface area contributed by atoms with E-state index in [1.165, 1.54) is 5.39 Å². The molecule has 0 fully saturated rings. The number of aromatic amines is 2. The van der Waals surface area contributed by atoms with Gasteiger partial charge in [-0.1, -0.05) is 60.7 Å². The van der Waals surface area contributed by atoms with Crippen LogP contribution in [0.15, 0.2) is 72.8 Å². The van der Waals surface area contributed by atoms with Crippen LogP contribution in [0.4, 0.5) is 0 Å². The minimum absolute atomic E-state index is 0.112. The van der Waals surface area contributed by atoms with Gasteiger partial charge in [0.15, 0.2) is 5.78 Å². The highest BCUT2D eigenvalue weighted by Gasteiger charge is 2.33. The zero-order chi connectivity index (χ0) is 18.4. The third-order valence-corrected chi connectivity index (χ3v) is 6.08. The minimum Gasteiger partial charge on any atom is -0.354 e. The van der Waals surface area contributed by atoms with Crippen molar-refractivity contribution >= 4 is 49.4 Å². The quantitative estimate of drug-likeness (QED) is 0.335. The molecule has 1 aliphatic rings. The maximum absolute atomic E-state index is 13.5. The number of H-pyrrole nitrogens is 2. The van der Waals surface area contributed by atoms with Crippen LogP contribution >= 0.6 is 0 Å². The van der Waals surface area contributed by atoms with Crippen LogP contribution < -0.4 is 0 Å². The Morgan fingerprint density at radius 1 is 0.536 bits per heavy atom. The molecule has 0 radical (unpaired) electrons. The lowest BCUT2D eigenvalue weighted by atomic mass is 9.96. The second-order valence-corrected chi connectivity index (χ2v) is 7.47. The monoisotopic (exact) mass is 358 g/mol. The van der Waals surface area contributed by atoms with E-state index in [9.17, 15) is 4.79 Å². The van der Waals surface area contributed by atoms with E-state index in [0.717, 1.165) is 60.5 Å². The number of nitrogens with one attached hydrogen (secondary N) is 2. The van der Waals surface area contributed by atoms with Gasteiger partial charge in [-0.15, -0.1) is 0 Å². The summed E-state index contributed by atoms with van der Waals surface area (Å²) >= 11 is 0. The highest BCUT2D eigenvalue weighted by atomic mass is 16.1. The van der Waals surface area contributed by atoms with Crippen LogP contribution in [-0.2, 0) is 0 Å². The van der Waals surface area contributed by atoms with Gasteiger partial charge in [-0.3, -0.25) is 4.79 Å². The standard InChI is InChI=1S/C25H14N2O/c28-25-14-8-2-1-7-13(14)19-22(25)20-15-9-3-5-11-17(15)26-24(20)21-16-10-4-6-12-18(16)27-23(19)21/h1-12,26-27H. The summed E-state index contributed by atoms with van der Waals surface area (Å²) in [7, 11) is 0. The van der Waals surface area contributed by atoms with Crippen LogP contribution in [0, 0.1) is 0 Å². The lowest BCUT2D eigenvalue weighted by Gasteiger charge is -2.06. The van der Waals surface area contributed by atoms with Gasteiger partial charge < -0.3 is 9.97 Å². The Balaban J connectivity index is 1.88. The fourth-order valence-corrected chi connectivity index (χ4v) is 4.96. The largest absolute Gasteiger partial charge is 0.354 e. The molecule has 0 amide bonds. The molecule has 7 rings (SSSR count). The number of carbonyl (C=O) groups is 1. The van der Waals surface area contributed by atoms with Crippen molar-refractivity contribution in [2.24, 2.45) is 0 Å². The van der Waals surface area contributed by atoms with E-state index >= 15 is 0 Å². The van der Waals surface area contributed by atoms with Crippen molar-refractivity contribution in [1.82, 2.24) is 9.97 Å². The molecule has 6 aromatic rings. The predicted octanol–water partition coefficient (Wildman–Crippen LogP) is 6.17. The summed E-state index contributed by atoms with van der Waals surface area (Å²) in [6.45, 7) is 0. The number of ketones is 1. The fourth-order valence-electron chi connectivity index (χ4n) is 4.96. The molecule has 2 aromatic heterocycles. The van der Waals surface area contributed by atoms with Crippen molar-refractivity contribution < 1.29 is 4.79 Å². The highest BCUT2D eigenvalue weighted by molar-refractivity contribution is 6.39. The SMILES string of the molecule is O=C1c2ccccc2-c2c1c1c3ccccc3[nH]c1c1c2[nH]c2ccccc21. The van der Waals surface area contributed by atoms with Crippen LogP contribution in [0.3, 0.4) is 0 Å². The van der Waals surface area contributed by atoms with E-state index in [2.05, 4.69) is 46.4 Å². The van der Waals surface area contributed by atoms with E-state index in [4.69, 9.17) is 0 Å². The molecule has 1 aliphatic carbocycles. The Kier molecular flexibility index (Phi) is 2.39. The van der Waals surface area contributed by atoms with Crippen molar-refractivity contribution in [2.75, 3.05) is 0 Å². The van der Waals surface area contributed by atoms with E-state index in [0.29, 0.717) is 0 Å². The van der Waals surface area contributed by atoms with Gasteiger partial charge in [0.2, 0.25) is 0 Å². The number of fused-ring (bicyclic) bond motifs is 12. The van der Waals surface area contributed by atoms with Crippen LogP contribution in [0.5, 0.6) is 0 Å². The number of para-hydroxylation sites is 2. The van der Waals surface area contributed by atoms with Gasteiger partial charge >= 0.3 is 0 Å². The number of hydrogen-bond acceptors (Lipinski definition) is 1. The Hall–Kier alpha value is -3.85. The average molecular weight is 358 g/mol. The molecule has 0 unspecified atom stereocenters. The summed E-state index contributed by atoms with van der Waals surface area (Å²) in [5, 5.41) is 4.46. The van der Waals surface area contributed by atoms with Crippen molar-refractivity contribution in [1.29, 1.82) is 0 Å². The van der Waals surface area contributed by atoms with Crippen molar-refractivity contribution in [2.45, 2.75) is 0 Å². The Morgan fingerprint density at radius 2 is 1.11 bits per heavy atom. The molecular weight excluding hydrogens is 344 g/mol. The normalized spacial score (nSPS) is 13.1. The average Bonchev–Trinajstić information content (AvgIpc) is 3.38. The van der Waals surface area contributed by atoms with Gasteiger partial charge in [-0.25, -0.2) is 0 Å². The molecule has 0 spiro atoms. The summed E-state index contributed by atoms with van der Waals surface area (Å²) in [5.41, 5.74) is 7.87. The third-order valence-electron chi connectivity index (χ3n) is 6.08. The first-order chi connectivity index (χ1) is 13.8. The first kappa shape index (κ1) is 14.2. The molecule has 3 nitrogen and oxygen atoms in total. The first-order valence-electron chi connectivity index (χ1n) is 9.44. The first-order valence-corrected chi connectivity index (χ1v) is 9.44.